The van der Waals surface area contributed by atoms with E-state index in [1.165, 1.54) is 0 Å². The second-order valence-corrected chi connectivity index (χ2v) is 3.86. The summed E-state index contributed by atoms with van der Waals surface area (Å²) in [6, 6.07) is 7.96. The van der Waals surface area contributed by atoms with E-state index >= 15 is 0 Å². The maximum absolute atomic E-state index is 12.0. The summed E-state index contributed by atoms with van der Waals surface area (Å²) in [4.78, 5) is 35.0. The first kappa shape index (κ1) is 14.2. The number of hydrogen-bond donors (Lipinski definition) is 2. The zero-order chi connectivity index (χ0) is 12.5. The van der Waals surface area contributed by atoms with Gasteiger partial charge in [-0.1, -0.05) is 37.3 Å². The third kappa shape index (κ3) is 1.99. The molecule has 5 nitrogen and oxygen atoms in total. The summed E-state index contributed by atoms with van der Waals surface area (Å²) in [5, 5.41) is 4.28. The SMILES string of the molecule is CCC1(c2ccccc2)C(=O)NC(=O)NC1=O.[H+].[H+].[S-2]. The van der Waals surface area contributed by atoms with E-state index < -0.39 is 23.3 Å². The summed E-state index contributed by atoms with van der Waals surface area (Å²) in [5.74, 6) is -1.14. The Hall–Kier alpha value is -1.82. The maximum Gasteiger partial charge on any atom is 1.00 e. The summed E-state index contributed by atoms with van der Waals surface area (Å²) in [5.41, 5.74) is -0.722. The van der Waals surface area contributed by atoms with Crippen molar-refractivity contribution in [1.29, 1.82) is 0 Å². The minimum absolute atomic E-state index is 0. The van der Waals surface area contributed by atoms with Crippen LogP contribution >= 0.6 is 0 Å². The van der Waals surface area contributed by atoms with Crippen LogP contribution in [0.1, 0.15) is 21.8 Å². The molecule has 96 valence electrons. The molecule has 0 unspecified atom stereocenters. The second-order valence-electron chi connectivity index (χ2n) is 3.86. The molecule has 18 heavy (non-hydrogen) atoms. The molecule has 0 spiro atoms. The van der Waals surface area contributed by atoms with E-state index in [1.807, 2.05) is 0 Å². The van der Waals surface area contributed by atoms with Gasteiger partial charge in [-0.3, -0.25) is 20.2 Å². The van der Waals surface area contributed by atoms with Crippen LogP contribution in [0.25, 0.3) is 0 Å². The first-order valence-electron chi connectivity index (χ1n) is 5.33. The van der Waals surface area contributed by atoms with Gasteiger partial charge in [0, 0.05) is 0 Å². The van der Waals surface area contributed by atoms with Crippen molar-refractivity contribution in [2.45, 2.75) is 18.8 Å². The Labute approximate surface area is 114 Å². The molecule has 2 rings (SSSR count). The molecule has 4 amide bonds. The molecule has 0 saturated carbocycles. The molecule has 1 heterocycles. The summed E-state index contributed by atoms with van der Waals surface area (Å²) >= 11 is 0. The predicted octanol–water partition coefficient (Wildman–Crippen LogP) is 0.923. The van der Waals surface area contributed by atoms with E-state index in [2.05, 4.69) is 10.6 Å². The van der Waals surface area contributed by atoms with Crippen molar-refractivity contribution >= 4 is 31.3 Å². The normalized spacial score (nSPS) is 17.5. The molecular weight excluding hydrogens is 252 g/mol. The molecule has 1 fully saturated rings. The molecule has 1 aromatic carbocycles. The molecule has 0 atom stereocenters. The minimum Gasteiger partial charge on any atom is -2.00 e. The van der Waals surface area contributed by atoms with Crippen molar-refractivity contribution in [2.75, 3.05) is 0 Å². The van der Waals surface area contributed by atoms with E-state index in [4.69, 9.17) is 0 Å². The summed E-state index contributed by atoms with van der Waals surface area (Å²) in [6.45, 7) is 1.74. The van der Waals surface area contributed by atoms with Crippen LogP contribution in [-0.4, -0.2) is 17.8 Å². The quantitative estimate of drug-likeness (QED) is 0.782. The number of benzene rings is 1. The largest absolute Gasteiger partial charge is 2.00 e. The lowest BCUT2D eigenvalue weighted by molar-refractivity contribution is -0.138. The van der Waals surface area contributed by atoms with Gasteiger partial charge in [-0.25, -0.2) is 4.79 Å². The van der Waals surface area contributed by atoms with Gasteiger partial charge in [0.05, 0.1) is 0 Å². The topological polar surface area (TPSA) is 75.3 Å². The van der Waals surface area contributed by atoms with Crippen LogP contribution in [0, 0.1) is 0 Å². The number of urea groups is 1. The van der Waals surface area contributed by atoms with Crippen LogP contribution in [0.4, 0.5) is 4.79 Å². The molecule has 0 bridgehead atoms. The number of hydrogen-bond acceptors (Lipinski definition) is 3. The summed E-state index contributed by atoms with van der Waals surface area (Å²) in [7, 11) is 0. The van der Waals surface area contributed by atoms with E-state index in [1.54, 1.807) is 37.3 Å². The lowest BCUT2D eigenvalue weighted by Gasteiger charge is -2.33. The Balaban J connectivity index is 0. The fourth-order valence-electron chi connectivity index (χ4n) is 2.06. The number of amides is 4. The number of nitrogens with one attached hydrogen (secondary N) is 2. The van der Waals surface area contributed by atoms with Crippen molar-refractivity contribution in [3.05, 3.63) is 35.9 Å². The molecule has 1 aliphatic rings. The first-order chi connectivity index (χ1) is 8.11. The number of imide groups is 2. The third-order valence-corrected chi connectivity index (χ3v) is 3.03. The van der Waals surface area contributed by atoms with Gasteiger partial charge >= 0.3 is 8.88 Å². The van der Waals surface area contributed by atoms with Crippen LogP contribution in [0.5, 0.6) is 0 Å². The molecular formula is C12H14N2O3S. The van der Waals surface area contributed by atoms with Gasteiger partial charge in [-0.15, -0.1) is 0 Å². The molecule has 0 aromatic heterocycles. The minimum atomic E-state index is -1.31. The number of barbiturate groups is 1. The van der Waals surface area contributed by atoms with Crippen LogP contribution in [0.15, 0.2) is 30.3 Å². The highest BCUT2D eigenvalue weighted by atomic mass is 32.1. The Morgan fingerprint density at radius 1 is 1.06 bits per heavy atom. The predicted molar refractivity (Wildman–Crippen MR) is 69.7 cm³/mol. The van der Waals surface area contributed by atoms with Gasteiger partial charge in [0.2, 0.25) is 11.8 Å². The molecule has 1 aliphatic heterocycles. The molecule has 0 radical (unpaired) electrons. The van der Waals surface area contributed by atoms with Gasteiger partial charge in [0.15, 0.2) is 5.41 Å². The molecule has 0 aliphatic carbocycles. The number of rotatable bonds is 2. The Bertz CT molecular complexity index is 477. The van der Waals surface area contributed by atoms with Crippen molar-refractivity contribution in [2.24, 2.45) is 0 Å². The number of carbonyl (C=O) groups excluding carboxylic acids is 3. The Kier molecular flexibility index (Phi) is 4.13. The second kappa shape index (κ2) is 5.22. The van der Waals surface area contributed by atoms with E-state index in [0.717, 1.165) is 0 Å². The van der Waals surface area contributed by atoms with Crippen LogP contribution < -0.4 is 10.6 Å². The number of carbonyl (C=O) groups is 3. The molecule has 1 aromatic rings. The van der Waals surface area contributed by atoms with Crippen LogP contribution in [-0.2, 0) is 28.5 Å². The molecule has 2 N–H and O–H groups in total. The van der Waals surface area contributed by atoms with Crippen molar-refractivity contribution in [3.63, 3.8) is 0 Å². The fourth-order valence-corrected chi connectivity index (χ4v) is 2.06. The average Bonchev–Trinajstić information content (AvgIpc) is 2.30. The van der Waals surface area contributed by atoms with Crippen LogP contribution in [0.3, 0.4) is 0 Å². The van der Waals surface area contributed by atoms with Crippen molar-refractivity contribution in [1.82, 2.24) is 10.6 Å². The van der Waals surface area contributed by atoms with Crippen molar-refractivity contribution in [3.8, 4) is 0 Å². The van der Waals surface area contributed by atoms with Crippen LogP contribution in [0.2, 0.25) is 0 Å². The average molecular weight is 266 g/mol. The van der Waals surface area contributed by atoms with Gasteiger partial charge in [0.25, 0.3) is 0 Å². The highest BCUT2D eigenvalue weighted by Crippen LogP contribution is 2.30. The van der Waals surface area contributed by atoms with E-state index in [-0.39, 0.29) is 16.3 Å². The smallest absolute Gasteiger partial charge is 1.00 e. The highest BCUT2D eigenvalue weighted by molar-refractivity contribution is 7.37. The Morgan fingerprint density at radius 2 is 1.56 bits per heavy atom. The summed E-state index contributed by atoms with van der Waals surface area (Å²) in [6.07, 6.45) is 0.294. The van der Waals surface area contributed by atoms with Gasteiger partial charge in [-0.05, 0) is 12.0 Å². The first-order valence-corrected chi connectivity index (χ1v) is 5.33. The molecule has 6 heteroatoms. The highest BCUT2D eigenvalue weighted by Gasteiger charge is 2.50. The van der Waals surface area contributed by atoms with Gasteiger partial charge in [-0.2, -0.15) is 0 Å². The van der Waals surface area contributed by atoms with Gasteiger partial charge in [0.1, 0.15) is 0 Å². The standard InChI is InChI=1S/C12H12N2O3.S/c1-2-12(8-6-4-3-5-7-8)9(15)13-11(17)14-10(12)16;/h3-7H,2H2,1H3,(H2,13,14,15,16,17);/q;-2/p+2. The zero-order valence-electron chi connectivity index (χ0n) is 11.7. The maximum atomic E-state index is 12.0. The summed E-state index contributed by atoms with van der Waals surface area (Å²) < 4.78 is 0. The Morgan fingerprint density at radius 3 is 2.00 bits per heavy atom. The van der Waals surface area contributed by atoms with Crippen molar-refractivity contribution < 1.29 is 17.2 Å². The van der Waals surface area contributed by atoms with Gasteiger partial charge < -0.3 is 13.5 Å². The lowest BCUT2D eigenvalue weighted by atomic mass is 9.75. The molecule has 1 saturated heterocycles. The monoisotopic (exact) mass is 266 g/mol. The van der Waals surface area contributed by atoms with E-state index in [9.17, 15) is 14.4 Å². The lowest BCUT2D eigenvalue weighted by Crippen LogP contribution is -2.64. The zero-order valence-corrected chi connectivity index (χ0v) is 10.5. The van der Waals surface area contributed by atoms with E-state index in [0.29, 0.717) is 12.0 Å². The fraction of sp³-hybridized carbons (Fsp3) is 0.250. The third-order valence-electron chi connectivity index (χ3n) is 3.03.